The first-order valence-corrected chi connectivity index (χ1v) is 6.85. The van der Waals surface area contributed by atoms with Crippen LogP contribution in [0.1, 0.15) is 12.8 Å². The number of likely N-dealkylation sites (N-methyl/N-ethyl adjacent to an activating group) is 1. The van der Waals surface area contributed by atoms with Crippen LogP contribution >= 0.6 is 23.2 Å². The van der Waals surface area contributed by atoms with Gasteiger partial charge in [-0.2, -0.15) is 0 Å². The fraction of sp³-hybridized carbons (Fsp3) is 0.500. The van der Waals surface area contributed by atoms with Gasteiger partial charge in [-0.1, -0.05) is 23.2 Å². The lowest BCUT2D eigenvalue weighted by Crippen LogP contribution is -2.37. The van der Waals surface area contributed by atoms with E-state index in [-0.39, 0.29) is 18.3 Å². The van der Waals surface area contributed by atoms with Gasteiger partial charge in [0.05, 0.1) is 16.6 Å². The van der Waals surface area contributed by atoms with Crippen molar-refractivity contribution in [3.8, 4) is 0 Å². The molecule has 0 atom stereocenters. The molecule has 1 aliphatic heterocycles. The first-order chi connectivity index (χ1) is 8.99. The number of aromatic nitrogens is 1. The Labute approximate surface area is 122 Å². The second kappa shape index (κ2) is 5.84. The summed E-state index contributed by atoms with van der Waals surface area (Å²) in [7, 11) is 1.76. The summed E-state index contributed by atoms with van der Waals surface area (Å²) < 4.78 is 0. The van der Waals surface area contributed by atoms with Crippen LogP contribution in [0, 0.1) is 0 Å². The molecule has 0 saturated carbocycles. The molecule has 1 aliphatic rings. The second-order valence-electron chi connectivity index (χ2n) is 4.60. The maximum absolute atomic E-state index is 12.0. The fourth-order valence-electron chi connectivity index (χ4n) is 2.08. The molecule has 2 N–H and O–H groups in total. The number of anilines is 2. The minimum absolute atomic E-state index is 0.0754. The van der Waals surface area contributed by atoms with Crippen molar-refractivity contribution >= 4 is 40.7 Å². The molecule has 0 unspecified atom stereocenters. The van der Waals surface area contributed by atoms with Gasteiger partial charge >= 0.3 is 0 Å². The lowest BCUT2D eigenvalue weighted by Gasteiger charge is -2.23. The molecular formula is C12H16Cl2N4O. The zero-order valence-electron chi connectivity index (χ0n) is 10.7. The number of hydrogen-bond acceptors (Lipinski definition) is 4. The summed E-state index contributed by atoms with van der Waals surface area (Å²) in [5.41, 5.74) is 5.66. The smallest absolute Gasteiger partial charge is 0.242 e. The number of nitrogen functional groups attached to an aromatic ring is 1. The van der Waals surface area contributed by atoms with Crippen LogP contribution in [0.15, 0.2) is 6.07 Å². The average molecular weight is 303 g/mol. The van der Waals surface area contributed by atoms with E-state index in [0.29, 0.717) is 15.9 Å². The molecule has 1 aromatic rings. The fourth-order valence-corrected chi connectivity index (χ4v) is 2.59. The predicted molar refractivity (Wildman–Crippen MR) is 77.8 cm³/mol. The summed E-state index contributed by atoms with van der Waals surface area (Å²) in [5.74, 6) is 0.754. The molecule has 1 amide bonds. The highest BCUT2D eigenvalue weighted by Crippen LogP contribution is 2.29. The monoisotopic (exact) mass is 302 g/mol. The Morgan fingerprint density at radius 2 is 2.05 bits per heavy atom. The van der Waals surface area contributed by atoms with E-state index in [0.717, 1.165) is 25.9 Å². The maximum Gasteiger partial charge on any atom is 0.242 e. The molecule has 7 heteroatoms. The zero-order chi connectivity index (χ0) is 14.0. The third-order valence-corrected chi connectivity index (χ3v) is 3.71. The summed E-state index contributed by atoms with van der Waals surface area (Å²) in [4.78, 5) is 19.7. The summed E-state index contributed by atoms with van der Waals surface area (Å²) >= 11 is 11.9. The van der Waals surface area contributed by atoms with Crippen LogP contribution in [-0.4, -0.2) is 42.5 Å². The second-order valence-corrected chi connectivity index (χ2v) is 5.42. The van der Waals surface area contributed by atoms with Crippen LogP contribution in [0.4, 0.5) is 11.6 Å². The number of hydrogen-bond donors (Lipinski definition) is 1. The predicted octanol–water partition coefficient (Wildman–Crippen LogP) is 2.03. The van der Waals surface area contributed by atoms with Crippen LogP contribution in [0.5, 0.6) is 0 Å². The first kappa shape index (κ1) is 14.2. The van der Waals surface area contributed by atoms with Gasteiger partial charge in [-0.05, 0) is 18.9 Å². The van der Waals surface area contributed by atoms with Gasteiger partial charge in [0, 0.05) is 20.1 Å². The highest BCUT2D eigenvalue weighted by molar-refractivity contribution is 6.37. The molecule has 1 saturated heterocycles. The van der Waals surface area contributed by atoms with Crippen molar-refractivity contribution in [1.29, 1.82) is 0 Å². The van der Waals surface area contributed by atoms with Crippen molar-refractivity contribution in [1.82, 2.24) is 9.88 Å². The van der Waals surface area contributed by atoms with Crippen molar-refractivity contribution in [2.24, 2.45) is 0 Å². The molecule has 0 aromatic carbocycles. The van der Waals surface area contributed by atoms with E-state index >= 15 is 0 Å². The normalized spacial score (nSPS) is 14.8. The standard InChI is InChI=1S/C12H16Cl2N4O/c1-17(7-10(19)18-4-2-3-5-18)12-9(14)6-8(13)11(15)16-12/h6H,2-5,7H2,1H3,(H2,15,16). The summed E-state index contributed by atoms with van der Waals surface area (Å²) in [6.07, 6.45) is 2.14. The van der Waals surface area contributed by atoms with Gasteiger partial charge in [0.15, 0.2) is 0 Å². The van der Waals surface area contributed by atoms with Crippen molar-refractivity contribution in [2.45, 2.75) is 12.8 Å². The Balaban J connectivity index is 2.09. The number of pyridine rings is 1. The number of carbonyl (C=O) groups is 1. The molecular weight excluding hydrogens is 287 g/mol. The van der Waals surface area contributed by atoms with Crippen LogP contribution in [0.3, 0.4) is 0 Å². The van der Waals surface area contributed by atoms with E-state index in [9.17, 15) is 4.79 Å². The summed E-state index contributed by atoms with van der Waals surface area (Å²) in [5, 5.41) is 0.698. The summed E-state index contributed by atoms with van der Waals surface area (Å²) in [6.45, 7) is 1.89. The number of amides is 1. The Morgan fingerprint density at radius 3 is 2.68 bits per heavy atom. The Kier molecular flexibility index (Phi) is 4.37. The SMILES string of the molecule is CN(CC(=O)N1CCCC1)c1nc(N)c(Cl)cc1Cl. The first-order valence-electron chi connectivity index (χ1n) is 6.09. The van der Waals surface area contributed by atoms with E-state index in [4.69, 9.17) is 28.9 Å². The van der Waals surface area contributed by atoms with Gasteiger partial charge in [0.2, 0.25) is 5.91 Å². The average Bonchev–Trinajstić information content (AvgIpc) is 2.87. The molecule has 1 fully saturated rings. The van der Waals surface area contributed by atoms with Crippen molar-refractivity contribution in [3.63, 3.8) is 0 Å². The minimum atomic E-state index is 0.0754. The Hall–Kier alpha value is -1.20. The van der Waals surface area contributed by atoms with E-state index in [1.165, 1.54) is 6.07 Å². The molecule has 0 spiro atoms. The lowest BCUT2D eigenvalue weighted by molar-refractivity contribution is -0.128. The number of halogens is 2. The van der Waals surface area contributed by atoms with E-state index < -0.39 is 0 Å². The van der Waals surface area contributed by atoms with E-state index in [1.807, 2.05) is 4.90 Å². The molecule has 5 nitrogen and oxygen atoms in total. The quantitative estimate of drug-likeness (QED) is 0.928. The summed E-state index contributed by atoms with van der Waals surface area (Å²) in [6, 6.07) is 1.54. The maximum atomic E-state index is 12.0. The number of nitrogens with two attached hydrogens (primary N) is 1. The van der Waals surface area contributed by atoms with Gasteiger partial charge < -0.3 is 15.5 Å². The lowest BCUT2D eigenvalue weighted by atomic mass is 10.4. The van der Waals surface area contributed by atoms with Crippen molar-refractivity contribution < 1.29 is 4.79 Å². The van der Waals surface area contributed by atoms with Crippen molar-refractivity contribution in [3.05, 3.63) is 16.1 Å². The molecule has 0 radical (unpaired) electrons. The largest absolute Gasteiger partial charge is 0.382 e. The third-order valence-electron chi connectivity index (χ3n) is 3.13. The van der Waals surface area contributed by atoms with Crippen LogP contribution in [-0.2, 0) is 4.79 Å². The number of carbonyl (C=O) groups excluding carboxylic acids is 1. The van der Waals surface area contributed by atoms with E-state index in [1.54, 1.807) is 11.9 Å². The zero-order valence-corrected chi connectivity index (χ0v) is 12.2. The van der Waals surface area contributed by atoms with Gasteiger partial charge in [0.1, 0.15) is 11.6 Å². The number of likely N-dealkylation sites (tertiary alicyclic amines) is 1. The van der Waals surface area contributed by atoms with Crippen LogP contribution in [0.2, 0.25) is 10.0 Å². The highest BCUT2D eigenvalue weighted by Gasteiger charge is 2.21. The topological polar surface area (TPSA) is 62.5 Å². The van der Waals surface area contributed by atoms with Gasteiger partial charge in [-0.25, -0.2) is 4.98 Å². The third kappa shape index (κ3) is 3.22. The number of rotatable bonds is 3. The van der Waals surface area contributed by atoms with Gasteiger partial charge in [0.25, 0.3) is 0 Å². The minimum Gasteiger partial charge on any atom is -0.382 e. The number of nitrogens with zero attached hydrogens (tertiary/aromatic N) is 3. The van der Waals surface area contributed by atoms with Crippen LogP contribution in [0.25, 0.3) is 0 Å². The Morgan fingerprint density at radius 1 is 1.42 bits per heavy atom. The Bertz CT molecular complexity index is 489. The molecule has 104 valence electrons. The molecule has 2 rings (SSSR count). The molecule has 0 aliphatic carbocycles. The highest BCUT2D eigenvalue weighted by atomic mass is 35.5. The molecule has 0 bridgehead atoms. The van der Waals surface area contributed by atoms with Crippen molar-refractivity contribution in [2.75, 3.05) is 37.3 Å². The molecule has 2 heterocycles. The molecule has 1 aromatic heterocycles. The molecule has 19 heavy (non-hydrogen) atoms. The van der Waals surface area contributed by atoms with Gasteiger partial charge in [-0.15, -0.1) is 0 Å². The van der Waals surface area contributed by atoms with E-state index in [2.05, 4.69) is 4.98 Å². The van der Waals surface area contributed by atoms with Gasteiger partial charge in [-0.3, -0.25) is 4.79 Å². The van der Waals surface area contributed by atoms with Crippen LogP contribution < -0.4 is 10.6 Å².